The third-order valence-electron chi connectivity index (χ3n) is 12.3. The fourth-order valence-electron chi connectivity index (χ4n) is 8.06. The Balaban J connectivity index is 2.11. The van der Waals surface area contributed by atoms with E-state index in [1.807, 2.05) is 6.08 Å². The number of nitrogens with one attached hydrogen (secondary N) is 1. The lowest BCUT2D eigenvalue weighted by molar-refractivity contribution is -0.302. The normalized spacial score (nSPS) is 20.1. The topological polar surface area (TPSA) is 175 Å². The summed E-state index contributed by atoms with van der Waals surface area (Å²) >= 11 is 0. The van der Waals surface area contributed by atoms with E-state index in [0.29, 0.717) is 19.4 Å². The molecule has 0 bridgehead atoms. The summed E-state index contributed by atoms with van der Waals surface area (Å²) in [7, 11) is 0. The van der Waals surface area contributed by atoms with Crippen LogP contribution < -0.4 is 5.32 Å². The molecule has 370 valence electrons. The van der Waals surface area contributed by atoms with E-state index in [1.165, 1.54) is 135 Å². The van der Waals surface area contributed by atoms with Crippen molar-refractivity contribution in [3.63, 3.8) is 0 Å². The molecule has 0 aromatic carbocycles. The summed E-state index contributed by atoms with van der Waals surface area (Å²) in [5.41, 5.74) is 0. The highest BCUT2D eigenvalue weighted by molar-refractivity contribution is 5.76. The maximum absolute atomic E-state index is 13.0. The van der Waals surface area contributed by atoms with Crippen LogP contribution in [0.3, 0.4) is 0 Å². The Morgan fingerprint density at radius 3 is 1.57 bits per heavy atom. The number of hydrogen-bond acceptors (Lipinski definition) is 10. The Labute approximate surface area is 384 Å². The molecule has 7 unspecified atom stereocenters. The van der Waals surface area contributed by atoms with Crippen molar-refractivity contribution in [2.24, 2.45) is 0 Å². The van der Waals surface area contributed by atoms with Crippen LogP contribution in [0.15, 0.2) is 24.3 Å². The van der Waals surface area contributed by atoms with Gasteiger partial charge in [0.05, 0.1) is 32.0 Å². The second-order valence-corrected chi connectivity index (χ2v) is 18.2. The molecule has 1 rings (SSSR count). The predicted octanol–water partition coefficient (Wildman–Crippen LogP) is 10.6. The first kappa shape index (κ1) is 59.2. The van der Waals surface area contributed by atoms with Crippen LogP contribution in [0, 0.1) is 0 Å². The van der Waals surface area contributed by atoms with Crippen LogP contribution >= 0.6 is 0 Å². The van der Waals surface area contributed by atoms with Crippen molar-refractivity contribution in [3.05, 3.63) is 24.3 Å². The van der Waals surface area contributed by atoms with Gasteiger partial charge in [-0.3, -0.25) is 9.59 Å². The number of carbonyl (C=O) groups excluding carboxylic acids is 2. The van der Waals surface area contributed by atoms with Gasteiger partial charge in [-0.25, -0.2) is 0 Å². The molecule has 1 aliphatic heterocycles. The van der Waals surface area contributed by atoms with Gasteiger partial charge in [0.15, 0.2) is 6.29 Å². The van der Waals surface area contributed by atoms with Crippen LogP contribution in [-0.2, 0) is 23.8 Å². The standard InChI is InChI=1S/C52H97NO10/c1-3-5-7-9-11-13-19-24-28-32-36-40-48(57)61-41-37-33-29-25-21-18-16-14-15-17-20-23-27-31-35-39-47(56)53-44(45(55)38-34-30-26-22-12-10-8-6-4-2)43-62-52-51(60)50(59)49(58)46(42-54)63-52/h9,11,34,38,44-46,49-52,54-55,58-60H,3-8,10,12-33,35-37,39-43H2,1-2H3,(H,53,56)/b11-9-,38-34+. The molecule has 0 aromatic heterocycles. The zero-order chi connectivity index (χ0) is 46.0. The minimum atomic E-state index is -1.57. The van der Waals surface area contributed by atoms with Gasteiger partial charge >= 0.3 is 5.97 Å². The van der Waals surface area contributed by atoms with Gasteiger partial charge in [-0.2, -0.15) is 0 Å². The lowest BCUT2D eigenvalue weighted by Gasteiger charge is -2.40. The fourth-order valence-corrected chi connectivity index (χ4v) is 8.06. The summed E-state index contributed by atoms with van der Waals surface area (Å²) in [4.78, 5) is 25.0. The molecule has 0 radical (unpaired) electrons. The van der Waals surface area contributed by atoms with E-state index in [1.54, 1.807) is 6.08 Å². The SMILES string of the molecule is CCCC/C=C\CCCCCCCC(=O)OCCCCCCCCCCCCCCCCCC(=O)NC(COC1OC(CO)C(O)C(O)C1O)C(O)/C=C/CCCCCCCCC. The molecule has 0 aromatic rings. The number of allylic oxidation sites excluding steroid dienone is 3. The Kier molecular flexibility index (Phi) is 40.1. The van der Waals surface area contributed by atoms with Gasteiger partial charge in [0.1, 0.15) is 24.4 Å². The monoisotopic (exact) mass is 896 g/mol. The Bertz CT molecular complexity index is 1100. The van der Waals surface area contributed by atoms with Crippen LogP contribution in [0.4, 0.5) is 0 Å². The molecule has 6 N–H and O–H groups in total. The Morgan fingerprint density at radius 1 is 0.571 bits per heavy atom. The van der Waals surface area contributed by atoms with E-state index >= 15 is 0 Å². The molecule has 1 heterocycles. The number of carbonyl (C=O) groups is 2. The van der Waals surface area contributed by atoms with Gasteiger partial charge in [-0.15, -0.1) is 0 Å². The first-order valence-corrected chi connectivity index (χ1v) is 26.1. The summed E-state index contributed by atoms with van der Waals surface area (Å²) in [5.74, 6) is -0.223. The summed E-state index contributed by atoms with van der Waals surface area (Å²) in [6.45, 7) is 4.23. The zero-order valence-electron chi connectivity index (χ0n) is 40.3. The highest BCUT2D eigenvalue weighted by Gasteiger charge is 2.44. The molecule has 0 aliphatic carbocycles. The number of ether oxygens (including phenoxy) is 3. The van der Waals surface area contributed by atoms with Gasteiger partial charge in [-0.05, 0) is 51.4 Å². The van der Waals surface area contributed by atoms with Crippen molar-refractivity contribution in [3.8, 4) is 0 Å². The number of aliphatic hydroxyl groups is 5. The Hall–Kier alpha value is -1.86. The largest absolute Gasteiger partial charge is 0.466 e. The zero-order valence-corrected chi connectivity index (χ0v) is 40.3. The van der Waals surface area contributed by atoms with Crippen molar-refractivity contribution in [1.29, 1.82) is 0 Å². The van der Waals surface area contributed by atoms with Gasteiger partial charge in [0.2, 0.25) is 5.91 Å². The molecule has 1 aliphatic rings. The molecule has 7 atom stereocenters. The van der Waals surface area contributed by atoms with Gasteiger partial charge in [-0.1, -0.05) is 192 Å². The van der Waals surface area contributed by atoms with Crippen LogP contribution in [0.25, 0.3) is 0 Å². The third-order valence-corrected chi connectivity index (χ3v) is 12.3. The number of esters is 1. The van der Waals surface area contributed by atoms with E-state index in [4.69, 9.17) is 14.2 Å². The maximum Gasteiger partial charge on any atom is 0.305 e. The number of amides is 1. The van der Waals surface area contributed by atoms with E-state index in [0.717, 1.165) is 70.6 Å². The van der Waals surface area contributed by atoms with Crippen LogP contribution in [0.1, 0.15) is 232 Å². The van der Waals surface area contributed by atoms with Crippen molar-refractivity contribution < 1.29 is 49.3 Å². The predicted molar refractivity (Wildman–Crippen MR) is 255 cm³/mol. The second kappa shape index (κ2) is 42.8. The van der Waals surface area contributed by atoms with E-state index in [-0.39, 0.29) is 18.5 Å². The van der Waals surface area contributed by atoms with Crippen LogP contribution in [0.2, 0.25) is 0 Å². The van der Waals surface area contributed by atoms with Crippen LogP contribution in [-0.4, -0.2) is 100 Å². The van der Waals surface area contributed by atoms with Crippen molar-refractivity contribution in [1.82, 2.24) is 5.32 Å². The smallest absolute Gasteiger partial charge is 0.305 e. The molecule has 11 nitrogen and oxygen atoms in total. The molecule has 1 fully saturated rings. The first-order chi connectivity index (χ1) is 30.7. The summed E-state index contributed by atoms with van der Waals surface area (Å²) in [6, 6.07) is -0.814. The Morgan fingerprint density at radius 2 is 1.03 bits per heavy atom. The molecule has 1 saturated heterocycles. The number of unbranched alkanes of at least 4 members (excludes halogenated alkanes) is 28. The van der Waals surface area contributed by atoms with Gasteiger partial charge < -0.3 is 45.1 Å². The summed E-state index contributed by atoms with van der Waals surface area (Å²) < 4.78 is 16.6. The number of aliphatic hydroxyl groups excluding tert-OH is 5. The highest BCUT2D eigenvalue weighted by atomic mass is 16.7. The molecular formula is C52H97NO10. The summed E-state index contributed by atoms with van der Waals surface area (Å²) in [5, 5.41) is 54.1. The minimum Gasteiger partial charge on any atom is -0.466 e. The van der Waals surface area contributed by atoms with Crippen molar-refractivity contribution >= 4 is 11.9 Å². The van der Waals surface area contributed by atoms with Crippen molar-refractivity contribution in [2.75, 3.05) is 19.8 Å². The second-order valence-electron chi connectivity index (χ2n) is 18.2. The van der Waals surface area contributed by atoms with E-state index in [2.05, 4.69) is 31.3 Å². The summed E-state index contributed by atoms with van der Waals surface area (Å²) in [6.07, 6.45) is 38.3. The van der Waals surface area contributed by atoms with Crippen molar-refractivity contribution in [2.45, 2.75) is 275 Å². The molecule has 0 spiro atoms. The third kappa shape index (κ3) is 33.3. The molecular weight excluding hydrogens is 799 g/mol. The molecule has 11 heteroatoms. The van der Waals surface area contributed by atoms with Gasteiger partial charge in [0.25, 0.3) is 0 Å². The molecule has 1 amide bonds. The lowest BCUT2D eigenvalue weighted by Crippen LogP contribution is -2.60. The lowest BCUT2D eigenvalue weighted by atomic mass is 9.99. The van der Waals surface area contributed by atoms with Gasteiger partial charge in [0, 0.05) is 12.8 Å². The van der Waals surface area contributed by atoms with E-state index in [9.17, 15) is 35.1 Å². The minimum absolute atomic E-state index is 0.0303. The van der Waals surface area contributed by atoms with E-state index < -0.39 is 49.5 Å². The number of hydrogen-bond donors (Lipinski definition) is 6. The molecule has 0 saturated carbocycles. The highest BCUT2D eigenvalue weighted by Crippen LogP contribution is 2.23. The fraction of sp³-hybridized carbons (Fsp3) is 0.885. The molecule has 63 heavy (non-hydrogen) atoms. The first-order valence-electron chi connectivity index (χ1n) is 26.1. The van der Waals surface area contributed by atoms with Crippen LogP contribution in [0.5, 0.6) is 0 Å². The average Bonchev–Trinajstić information content (AvgIpc) is 3.28. The average molecular weight is 896 g/mol. The maximum atomic E-state index is 13.0. The number of rotatable bonds is 44. The quantitative estimate of drug-likeness (QED) is 0.0196.